The van der Waals surface area contributed by atoms with Gasteiger partial charge in [-0.2, -0.15) is 0 Å². The molecule has 0 radical (unpaired) electrons. The van der Waals surface area contributed by atoms with Gasteiger partial charge in [-0.05, 0) is 44.5 Å². The van der Waals surface area contributed by atoms with Crippen LogP contribution >= 0.6 is 0 Å². The van der Waals surface area contributed by atoms with Gasteiger partial charge in [0.1, 0.15) is 5.60 Å². The number of carbonyl (C=O) groups excluding carboxylic acids is 2. The Balaban J connectivity index is 3.04. The van der Waals surface area contributed by atoms with Crippen molar-refractivity contribution in [3.63, 3.8) is 0 Å². The molecule has 1 amide bonds. The quantitative estimate of drug-likeness (QED) is 0.828. The average molecular weight is 309 g/mol. The van der Waals surface area contributed by atoms with E-state index in [4.69, 9.17) is 9.84 Å². The lowest BCUT2D eigenvalue weighted by Crippen LogP contribution is -2.27. The predicted molar refractivity (Wildman–Crippen MR) is 79.0 cm³/mol. The third kappa shape index (κ3) is 5.82. The zero-order valence-electron chi connectivity index (χ0n) is 12.9. The molecule has 1 aromatic rings. The van der Waals surface area contributed by atoms with Crippen LogP contribution in [0.2, 0.25) is 0 Å². The van der Waals surface area contributed by atoms with Gasteiger partial charge in [0.2, 0.25) is 0 Å². The van der Waals surface area contributed by atoms with Gasteiger partial charge in [0, 0.05) is 5.69 Å². The van der Waals surface area contributed by atoms with Crippen molar-refractivity contribution in [3.05, 3.63) is 29.3 Å². The number of amides is 1. The van der Waals surface area contributed by atoms with E-state index >= 15 is 0 Å². The van der Waals surface area contributed by atoms with Crippen LogP contribution in [0.1, 0.15) is 36.7 Å². The summed E-state index contributed by atoms with van der Waals surface area (Å²) in [5.74, 6) is -1.68. The molecule has 0 fully saturated rings. The van der Waals surface area contributed by atoms with Crippen LogP contribution in [0.3, 0.4) is 0 Å². The van der Waals surface area contributed by atoms with Crippen molar-refractivity contribution in [2.75, 3.05) is 12.4 Å². The van der Waals surface area contributed by atoms with E-state index in [1.54, 1.807) is 20.8 Å². The first-order chi connectivity index (χ1) is 10.1. The molecule has 0 spiro atoms. The minimum absolute atomic E-state index is 0.146. The molecule has 1 aromatic carbocycles. The first kappa shape index (κ1) is 17.5. The standard InChI is InChI=1S/C15H19NO6/c1-15(2,3)22-14(20)16-11-6-9(7-12(17)18)5-10(8-11)13(19)21-4/h5-6,8H,7H2,1-4H3,(H,16,20)(H,17,18). The molecule has 7 heteroatoms. The van der Waals surface area contributed by atoms with Crippen molar-refractivity contribution in [2.45, 2.75) is 32.8 Å². The number of anilines is 1. The third-order valence-corrected chi connectivity index (χ3v) is 2.41. The molecule has 22 heavy (non-hydrogen) atoms. The number of carboxylic acids is 1. The number of rotatable bonds is 4. The number of carbonyl (C=O) groups is 3. The first-order valence-electron chi connectivity index (χ1n) is 6.55. The van der Waals surface area contributed by atoms with Crippen LogP contribution in [0.4, 0.5) is 10.5 Å². The van der Waals surface area contributed by atoms with E-state index in [1.165, 1.54) is 25.3 Å². The Labute approximate surface area is 128 Å². The molecule has 0 saturated heterocycles. The highest BCUT2D eigenvalue weighted by Crippen LogP contribution is 2.18. The molecule has 0 bridgehead atoms. The van der Waals surface area contributed by atoms with E-state index in [9.17, 15) is 14.4 Å². The smallest absolute Gasteiger partial charge is 0.412 e. The molecular weight excluding hydrogens is 290 g/mol. The Morgan fingerprint density at radius 3 is 2.32 bits per heavy atom. The highest BCUT2D eigenvalue weighted by Gasteiger charge is 2.17. The summed E-state index contributed by atoms with van der Waals surface area (Å²) >= 11 is 0. The maximum Gasteiger partial charge on any atom is 0.412 e. The SMILES string of the molecule is COC(=O)c1cc(CC(=O)O)cc(NC(=O)OC(C)(C)C)c1. The fraction of sp³-hybridized carbons (Fsp3) is 0.400. The number of esters is 1. The molecular formula is C15H19NO6. The topological polar surface area (TPSA) is 102 Å². The van der Waals surface area contributed by atoms with Gasteiger partial charge in [-0.1, -0.05) is 0 Å². The van der Waals surface area contributed by atoms with Gasteiger partial charge < -0.3 is 14.6 Å². The second kappa shape index (κ2) is 6.93. The lowest BCUT2D eigenvalue weighted by Gasteiger charge is -2.20. The number of hydrogen-bond acceptors (Lipinski definition) is 5. The molecule has 120 valence electrons. The van der Waals surface area contributed by atoms with E-state index in [0.29, 0.717) is 5.56 Å². The molecule has 2 N–H and O–H groups in total. The highest BCUT2D eigenvalue weighted by atomic mass is 16.6. The van der Waals surface area contributed by atoms with Crippen molar-refractivity contribution in [1.29, 1.82) is 0 Å². The normalized spacial score (nSPS) is 10.7. The number of nitrogens with one attached hydrogen (secondary N) is 1. The summed E-state index contributed by atoms with van der Waals surface area (Å²) in [6, 6.07) is 4.26. The molecule has 0 aliphatic carbocycles. The maximum atomic E-state index is 11.7. The summed E-state index contributed by atoms with van der Waals surface area (Å²) < 4.78 is 9.71. The number of carboxylic acid groups (broad SMARTS) is 1. The van der Waals surface area contributed by atoms with Crippen LogP contribution in [-0.4, -0.2) is 35.8 Å². The first-order valence-corrected chi connectivity index (χ1v) is 6.55. The predicted octanol–water partition coefficient (Wildman–Crippen LogP) is 2.45. The summed E-state index contributed by atoms with van der Waals surface area (Å²) in [5, 5.41) is 11.3. The van der Waals surface area contributed by atoms with Gasteiger partial charge in [0.05, 0.1) is 19.1 Å². The van der Waals surface area contributed by atoms with Crippen molar-refractivity contribution < 1.29 is 29.0 Å². The van der Waals surface area contributed by atoms with Crippen LogP contribution in [0.15, 0.2) is 18.2 Å². The molecule has 7 nitrogen and oxygen atoms in total. The summed E-state index contributed by atoms with van der Waals surface area (Å²) in [5.41, 5.74) is 0.0932. The summed E-state index contributed by atoms with van der Waals surface area (Å²) in [6.45, 7) is 5.15. The summed E-state index contributed by atoms with van der Waals surface area (Å²) in [7, 11) is 1.22. The number of benzene rings is 1. The minimum Gasteiger partial charge on any atom is -0.481 e. The monoisotopic (exact) mass is 309 g/mol. The lowest BCUT2D eigenvalue weighted by atomic mass is 10.1. The third-order valence-electron chi connectivity index (χ3n) is 2.41. The number of aliphatic carboxylic acids is 1. The van der Waals surface area contributed by atoms with Crippen molar-refractivity contribution >= 4 is 23.7 Å². The van der Waals surface area contributed by atoms with Crippen LogP contribution < -0.4 is 5.32 Å². The van der Waals surface area contributed by atoms with E-state index < -0.39 is 23.6 Å². The van der Waals surface area contributed by atoms with Crippen LogP contribution in [0.5, 0.6) is 0 Å². The van der Waals surface area contributed by atoms with E-state index in [0.717, 1.165) is 0 Å². The van der Waals surface area contributed by atoms with Crippen molar-refractivity contribution in [1.82, 2.24) is 0 Å². The molecule has 0 atom stereocenters. The van der Waals surface area contributed by atoms with E-state index in [-0.39, 0.29) is 17.7 Å². The maximum absolute atomic E-state index is 11.7. The van der Waals surface area contributed by atoms with E-state index in [2.05, 4.69) is 10.1 Å². The number of hydrogen-bond donors (Lipinski definition) is 2. The van der Waals surface area contributed by atoms with Gasteiger partial charge in [-0.15, -0.1) is 0 Å². The lowest BCUT2D eigenvalue weighted by molar-refractivity contribution is -0.136. The largest absolute Gasteiger partial charge is 0.481 e. The Morgan fingerprint density at radius 2 is 1.82 bits per heavy atom. The Bertz CT molecular complexity index is 588. The molecule has 0 saturated carbocycles. The van der Waals surface area contributed by atoms with Crippen LogP contribution in [0.25, 0.3) is 0 Å². The molecule has 0 aliphatic heterocycles. The second-order valence-corrected chi connectivity index (χ2v) is 5.61. The summed E-state index contributed by atoms with van der Waals surface area (Å²) in [6.07, 6.45) is -0.982. The van der Waals surface area contributed by atoms with Crippen LogP contribution in [0, 0.1) is 0 Å². The zero-order valence-corrected chi connectivity index (χ0v) is 12.9. The molecule has 0 aliphatic rings. The fourth-order valence-electron chi connectivity index (χ4n) is 1.70. The average Bonchev–Trinajstić information content (AvgIpc) is 2.34. The van der Waals surface area contributed by atoms with Gasteiger partial charge in [-0.3, -0.25) is 10.1 Å². The zero-order chi connectivity index (χ0) is 16.9. The van der Waals surface area contributed by atoms with Gasteiger partial charge in [0.25, 0.3) is 0 Å². The Kier molecular flexibility index (Phi) is 5.50. The minimum atomic E-state index is -1.05. The van der Waals surface area contributed by atoms with Gasteiger partial charge >= 0.3 is 18.0 Å². The summed E-state index contributed by atoms with van der Waals surface area (Å²) in [4.78, 5) is 34.2. The van der Waals surface area contributed by atoms with Crippen molar-refractivity contribution in [3.8, 4) is 0 Å². The van der Waals surface area contributed by atoms with E-state index in [1.807, 2.05) is 0 Å². The Morgan fingerprint density at radius 1 is 1.18 bits per heavy atom. The van der Waals surface area contributed by atoms with Gasteiger partial charge in [-0.25, -0.2) is 9.59 Å². The molecule has 0 unspecified atom stereocenters. The van der Waals surface area contributed by atoms with Crippen molar-refractivity contribution in [2.24, 2.45) is 0 Å². The fourth-order valence-corrected chi connectivity index (χ4v) is 1.70. The van der Waals surface area contributed by atoms with Crippen LogP contribution in [-0.2, 0) is 20.7 Å². The molecule has 0 aromatic heterocycles. The Hall–Kier alpha value is -2.57. The highest BCUT2D eigenvalue weighted by molar-refractivity contribution is 5.93. The number of ether oxygens (including phenoxy) is 2. The molecule has 1 rings (SSSR count). The number of methoxy groups -OCH3 is 1. The van der Waals surface area contributed by atoms with Gasteiger partial charge in [0.15, 0.2) is 0 Å². The second-order valence-electron chi connectivity index (χ2n) is 5.61. The molecule has 0 heterocycles.